The zero-order valence-electron chi connectivity index (χ0n) is 13.1. The summed E-state index contributed by atoms with van der Waals surface area (Å²) < 4.78 is 0. The Hall–Kier alpha value is -3.12. The summed E-state index contributed by atoms with van der Waals surface area (Å²) >= 11 is 6.13. The zero-order chi connectivity index (χ0) is 17.6. The van der Waals surface area contributed by atoms with E-state index in [0.29, 0.717) is 23.3 Å². The van der Waals surface area contributed by atoms with Gasteiger partial charge in [-0.3, -0.25) is 0 Å². The number of anilines is 3. The molecule has 6 nitrogen and oxygen atoms in total. The number of hydrogen-bond acceptors (Lipinski definition) is 5. The van der Waals surface area contributed by atoms with E-state index in [1.807, 2.05) is 24.3 Å². The van der Waals surface area contributed by atoms with Crippen molar-refractivity contribution < 1.29 is 9.90 Å². The fraction of sp³-hybridized carbons (Fsp3) is 0.0556. The molecule has 0 amide bonds. The molecule has 0 spiro atoms. The van der Waals surface area contributed by atoms with Gasteiger partial charge in [-0.05, 0) is 42.0 Å². The Kier molecular flexibility index (Phi) is 5.11. The molecule has 1 aromatic heterocycles. The van der Waals surface area contributed by atoms with Crippen molar-refractivity contribution in [1.29, 1.82) is 0 Å². The van der Waals surface area contributed by atoms with Crippen LogP contribution in [0.1, 0.15) is 15.9 Å². The minimum absolute atomic E-state index is 0.232. The molecule has 0 aliphatic carbocycles. The molecule has 0 fully saturated rings. The first kappa shape index (κ1) is 16.7. The predicted octanol–water partition coefficient (Wildman–Crippen LogP) is 4.18. The van der Waals surface area contributed by atoms with E-state index in [4.69, 9.17) is 16.7 Å². The molecule has 0 atom stereocenters. The van der Waals surface area contributed by atoms with Crippen LogP contribution < -0.4 is 10.6 Å². The van der Waals surface area contributed by atoms with Gasteiger partial charge in [0.25, 0.3) is 0 Å². The monoisotopic (exact) mass is 354 g/mol. The van der Waals surface area contributed by atoms with Crippen molar-refractivity contribution in [2.45, 2.75) is 6.54 Å². The van der Waals surface area contributed by atoms with E-state index in [0.717, 1.165) is 11.3 Å². The lowest BCUT2D eigenvalue weighted by Gasteiger charge is -2.09. The van der Waals surface area contributed by atoms with Crippen LogP contribution in [0.15, 0.2) is 60.8 Å². The Balaban J connectivity index is 1.67. The molecule has 7 heteroatoms. The summed E-state index contributed by atoms with van der Waals surface area (Å²) in [7, 11) is 0. The maximum atomic E-state index is 10.9. The Morgan fingerprint density at radius 1 is 1.08 bits per heavy atom. The van der Waals surface area contributed by atoms with E-state index in [2.05, 4.69) is 20.6 Å². The highest BCUT2D eigenvalue weighted by molar-refractivity contribution is 6.31. The summed E-state index contributed by atoms with van der Waals surface area (Å²) in [5.41, 5.74) is 1.92. The van der Waals surface area contributed by atoms with E-state index >= 15 is 0 Å². The van der Waals surface area contributed by atoms with Gasteiger partial charge < -0.3 is 15.7 Å². The average molecular weight is 355 g/mol. The molecule has 3 aromatic rings. The summed E-state index contributed by atoms with van der Waals surface area (Å²) in [4.78, 5) is 19.4. The van der Waals surface area contributed by atoms with Gasteiger partial charge in [-0.15, -0.1) is 0 Å². The third-order valence-corrected chi connectivity index (χ3v) is 3.82. The molecule has 3 rings (SSSR count). The van der Waals surface area contributed by atoms with E-state index < -0.39 is 5.97 Å². The first-order valence-corrected chi connectivity index (χ1v) is 7.90. The van der Waals surface area contributed by atoms with Crippen molar-refractivity contribution in [1.82, 2.24) is 9.97 Å². The van der Waals surface area contributed by atoms with Crippen molar-refractivity contribution >= 4 is 35.0 Å². The number of hydrogen-bond donors (Lipinski definition) is 3. The second-order valence-corrected chi connectivity index (χ2v) is 5.63. The highest BCUT2D eigenvalue weighted by atomic mass is 35.5. The maximum Gasteiger partial charge on any atom is 0.335 e. The van der Waals surface area contributed by atoms with Gasteiger partial charge in [0.15, 0.2) is 0 Å². The molecule has 0 saturated heterocycles. The van der Waals surface area contributed by atoms with Crippen molar-refractivity contribution in [3.05, 3.63) is 76.9 Å². The van der Waals surface area contributed by atoms with Crippen molar-refractivity contribution in [3.63, 3.8) is 0 Å². The summed E-state index contributed by atoms with van der Waals surface area (Å²) in [6, 6.07) is 15.7. The molecule has 25 heavy (non-hydrogen) atoms. The second-order valence-electron chi connectivity index (χ2n) is 5.22. The van der Waals surface area contributed by atoms with Crippen LogP contribution in [0, 0.1) is 0 Å². The molecule has 126 valence electrons. The Morgan fingerprint density at radius 2 is 1.84 bits per heavy atom. The molecule has 0 saturated carbocycles. The van der Waals surface area contributed by atoms with E-state index in [9.17, 15) is 4.79 Å². The van der Waals surface area contributed by atoms with Crippen LogP contribution in [0.3, 0.4) is 0 Å². The molecule has 0 unspecified atom stereocenters. The number of rotatable bonds is 6. The van der Waals surface area contributed by atoms with Gasteiger partial charge in [0, 0.05) is 23.5 Å². The molecule has 1 heterocycles. The summed E-state index contributed by atoms with van der Waals surface area (Å²) in [5.74, 6) is 0.103. The molecule has 0 bridgehead atoms. The Labute approximate surface area is 149 Å². The molecular formula is C18H15ClN4O2. The van der Waals surface area contributed by atoms with Gasteiger partial charge in [-0.2, -0.15) is 4.98 Å². The van der Waals surface area contributed by atoms with E-state index in [-0.39, 0.29) is 5.56 Å². The highest BCUT2D eigenvalue weighted by Gasteiger charge is 2.04. The maximum absolute atomic E-state index is 10.9. The van der Waals surface area contributed by atoms with Gasteiger partial charge >= 0.3 is 5.97 Å². The standard InChI is InChI=1S/C18H15ClN4O2/c19-15-4-2-1-3-13(15)11-21-18-20-10-9-16(23-18)22-14-7-5-12(6-8-14)17(24)25/h1-10H,11H2,(H,24,25)(H2,20,21,22,23). The smallest absolute Gasteiger partial charge is 0.335 e. The number of nitrogens with zero attached hydrogens (tertiary/aromatic N) is 2. The van der Waals surface area contributed by atoms with Crippen LogP contribution in [0.4, 0.5) is 17.5 Å². The summed E-state index contributed by atoms with van der Waals surface area (Å²) in [6.45, 7) is 0.510. The van der Waals surface area contributed by atoms with E-state index in [1.54, 1.807) is 24.4 Å². The lowest BCUT2D eigenvalue weighted by molar-refractivity contribution is 0.0697. The average Bonchev–Trinajstić information content (AvgIpc) is 2.62. The zero-order valence-corrected chi connectivity index (χ0v) is 13.9. The molecular weight excluding hydrogens is 340 g/mol. The van der Waals surface area contributed by atoms with Crippen LogP contribution in [0.2, 0.25) is 5.02 Å². The summed E-state index contributed by atoms with van der Waals surface area (Å²) in [6.07, 6.45) is 1.63. The number of benzene rings is 2. The van der Waals surface area contributed by atoms with Crippen LogP contribution in [-0.4, -0.2) is 21.0 Å². The van der Waals surface area contributed by atoms with Gasteiger partial charge in [-0.25, -0.2) is 9.78 Å². The van der Waals surface area contributed by atoms with Gasteiger partial charge in [0.05, 0.1) is 5.56 Å². The van der Waals surface area contributed by atoms with Gasteiger partial charge in [0.2, 0.25) is 5.95 Å². The van der Waals surface area contributed by atoms with E-state index in [1.165, 1.54) is 12.1 Å². The molecule has 0 aliphatic rings. The number of nitrogens with one attached hydrogen (secondary N) is 2. The molecule has 3 N–H and O–H groups in total. The van der Waals surface area contributed by atoms with Crippen LogP contribution in [-0.2, 0) is 6.54 Å². The minimum atomic E-state index is -0.959. The third-order valence-electron chi connectivity index (χ3n) is 3.45. The third kappa shape index (κ3) is 4.45. The highest BCUT2D eigenvalue weighted by Crippen LogP contribution is 2.18. The lowest BCUT2D eigenvalue weighted by atomic mass is 10.2. The largest absolute Gasteiger partial charge is 0.478 e. The van der Waals surface area contributed by atoms with Gasteiger partial charge in [0.1, 0.15) is 5.82 Å². The van der Waals surface area contributed by atoms with Crippen LogP contribution in [0.25, 0.3) is 0 Å². The number of aromatic carboxylic acids is 1. The number of carboxylic acid groups (broad SMARTS) is 1. The molecule has 0 aliphatic heterocycles. The predicted molar refractivity (Wildman–Crippen MR) is 97.5 cm³/mol. The second kappa shape index (κ2) is 7.63. The molecule has 0 radical (unpaired) electrons. The molecule has 2 aromatic carbocycles. The van der Waals surface area contributed by atoms with Gasteiger partial charge in [-0.1, -0.05) is 29.8 Å². The van der Waals surface area contributed by atoms with Crippen molar-refractivity contribution in [3.8, 4) is 0 Å². The topological polar surface area (TPSA) is 87.1 Å². The number of halogens is 1. The number of aromatic nitrogens is 2. The first-order chi connectivity index (χ1) is 12.1. The SMILES string of the molecule is O=C(O)c1ccc(Nc2ccnc(NCc3ccccc3Cl)n2)cc1. The Bertz CT molecular complexity index is 884. The fourth-order valence-electron chi connectivity index (χ4n) is 2.17. The first-order valence-electron chi connectivity index (χ1n) is 7.52. The quantitative estimate of drug-likeness (QED) is 0.615. The summed E-state index contributed by atoms with van der Waals surface area (Å²) in [5, 5.41) is 15.8. The lowest BCUT2D eigenvalue weighted by Crippen LogP contribution is -2.05. The number of carboxylic acids is 1. The minimum Gasteiger partial charge on any atom is -0.478 e. The normalized spacial score (nSPS) is 10.3. The Morgan fingerprint density at radius 3 is 2.56 bits per heavy atom. The number of carbonyl (C=O) groups is 1. The van der Waals surface area contributed by atoms with Crippen molar-refractivity contribution in [2.75, 3.05) is 10.6 Å². The van der Waals surface area contributed by atoms with Crippen LogP contribution >= 0.6 is 11.6 Å². The van der Waals surface area contributed by atoms with Crippen LogP contribution in [0.5, 0.6) is 0 Å². The fourth-order valence-corrected chi connectivity index (χ4v) is 2.38. The van der Waals surface area contributed by atoms with Crippen molar-refractivity contribution in [2.24, 2.45) is 0 Å².